The number of hydrogen-bond acceptors (Lipinski definition) is 1. The SMILES string of the molecule is Cc1cc(C)cc(C(O)C2CCc3ccccc32)c1. The standard InChI is InChI=1S/C18H20O/c1-12-9-13(2)11-15(10-12)18(19)17-8-7-14-5-3-4-6-16(14)17/h3-6,9-11,17-19H,7-8H2,1-2H3. The highest BCUT2D eigenvalue weighted by molar-refractivity contribution is 5.39. The van der Waals surface area contributed by atoms with Crippen LogP contribution in [0.2, 0.25) is 0 Å². The van der Waals surface area contributed by atoms with Gasteiger partial charge >= 0.3 is 0 Å². The Bertz CT molecular complexity index is 580. The lowest BCUT2D eigenvalue weighted by Gasteiger charge is -2.20. The summed E-state index contributed by atoms with van der Waals surface area (Å²) in [6.07, 6.45) is 1.75. The second-order valence-corrected chi connectivity index (χ2v) is 5.71. The van der Waals surface area contributed by atoms with E-state index in [0.29, 0.717) is 0 Å². The second-order valence-electron chi connectivity index (χ2n) is 5.71. The van der Waals surface area contributed by atoms with E-state index in [2.05, 4.69) is 56.3 Å². The van der Waals surface area contributed by atoms with E-state index >= 15 is 0 Å². The van der Waals surface area contributed by atoms with Crippen LogP contribution in [0.15, 0.2) is 42.5 Å². The van der Waals surface area contributed by atoms with Gasteiger partial charge < -0.3 is 5.11 Å². The van der Waals surface area contributed by atoms with Crippen molar-refractivity contribution in [2.75, 3.05) is 0 Å². The van der Waals surface area contributed by atoms with Gasteiger partial charge in [-0.2, -0.15) is 0 Å². The van der Waals surface area contributed by atoms with E-state index in [-0.39, 0.29) is 12.0 Å². The molecule has 1 aliphatic rings. The quantitative estimate of drug-likeness (QED) is 0.854. The Morgan fingerprint density at radius 2 is 1.74 bits per heavy atom. The van der Waals surface area contributed by atoms with Gasteiger partial charge in [0.1, 0.15) is 0 Å². The molecule has 0 aromatic heterocycles. The van der Waals surface area contributed by atoms with Gasteiger partial charge in [-0.15, -0.1) is 0 Å². The summed E-state index contributed by atoms with van der Waals surface area (Å²) in [5.41, 5.74) is 6.23. The van der Waals surface area contributed by atoms with Crippen LogP contribution < -0.4 is 0 Å². The highest BCUT2D eigenvalue weighted by Gasteiger charge is 2.29. The number of fused-ring (bicyclic) bond motifs is 1. The first-order valence-corrected chi connectivity index (χ1v) is 6.99. The molecule has 2 atom stereocenters. The van der Waals surface area contributed by atoms with Gasteiger partial charge in [0.2, 0.25) is 0 Å². The summed E-state index contributed by atoms with van der Waals surface area (Å²) in [5, 5.41) is 10.7. The van der Waals surface area contributed by atoms with Crippen LogP contribution in [0.5, 0.6) is 0 Å². The lowest BCUT2D eigenvalue weighted by atomic mass is 9.89. The molecule has 0 radical (unpaired) electrons. The Labute approximate surface area is 114 Å². The molecule has 0 saturated heterocycles. The van der Waals surface area contributed by atoms with Crippen molar-refractivity contribution >= 4 is 0 Å². The van der Waals surface area contributed by atoms with Gasteiger partial charge in [-0.05, 0) is 43.4 Å². The largest absolute Gasteiger partial charge is 0.388 e. The number of rotatable bonds is 2. The fraction of sp³-hybridized carbons (Fsp3) is 0.333. The molecule has 2 aromatic carbocycles. The maximum absolute atomic E-state index is 10.7. The van der Waals surface area contributed by atoms with Gasteiger partial charge in [-0.1, -0.05) is 53.6 Å². The minimum atomic E-state index is -0.387. The van der Waals surface area contributed by atoms with Crippen molar-refractivity contribution in [3.05, 3.63) is 70.3 Å². The summed E-state index contributed by atoms with van der Waals surface area (Å²) in [6.45, 7) is 4.18. The highest BCUT2D eigenvalue weighted by atomic mass is 16.3. The van der Waals surface area contributed by atoms with Crippen LogP contribution in [0.25, 0.3) is 0 Å². The molecule has 0 aliphatic heterocycles. The Hall–Kier alpha value is -1.60. The number of aryl methyl sites for hydroxylation is 3. The molecule has 1 aliphatic carbocycles. The van der Waals surface area contributed by atoms with Crippen molar-refractivity contribution in [3.63, 3.8) is 0 Å². The summed E-state index contributed by atoms with van der Waals surface area (Å²) in [5.74, 6) is 0.248. The molecule has 1 nitrogen and oxygen atoms in total. The maximum Gasteiger partial charge on any atom is 0.0858 e. The zero-order valence-corrected chi connectivity index (χ0v) is 11.6. The van der Waals surface area contributed by atoms with E-state index in [9.17, 15) is 5.11 Å². The summed E-state index contributed by atoms with van der Waals surface area (Å²) in [6, 6.07) is 14.9. The average molecular weight is 252 g/mol. The average Bonchev–Trinajstić information content (AvgIpc) is 2.80. The third-order valence-corrected chi connectivity index (χ3v) is 4.15. The molecular formula is C18H20O. The van der Waals surface area contributed by atoms with Gasteiger partial charge in [0, 0.05) is 5.92 Å². The van der Waals surface area contributed by atoms with Crippen LogP contribution in [0, 0.1) is 13.8 Å². The van der Waals surface area contributed by atoms with Crippen LogP contribution in [0.4, 0.5) is 0 Å². The maximum atomic E-state index is 10.7. The molecule has 1 heteroatoms. The molecule has 98 valence electrons. The second kappa shape index (κ2) is 4.82. The van der Waals surface area contributed by atoms with E-state index < -0.39 is 0 Å². The van der Waals surface area contributed by atoms with Crippen molar-refractivity contribution < 1.29 is 5.11 Å². The van der Waals surface area contributed by atoms with Gasteiger partial charge in [-0.3, -0.25) is 0 Å². The van der Waals surface area contributed by atoms with Crippen LogP contribution in [-0.2, 0) is 6.42 Å². The van der Waals surface area contributed by atoms with Crippen molar-refractivity contribution in [3.8, 4) is 0 Å². The Morgan fingerprint density at radius 1 is 1.05 bits per heavy atom. The molecule has 0 fully saturated rings. The minimum absolute atomic E-state index is 0.248. The van der Waals surface area contributed by atoms with Gasteiger partial charge in [0.05, 0.1) is 6.10 Å². The molecule has 2 unspecified atom stereocenters. The third-order valence-electron chi connectivity index (χ3n) is 4.15. The van der Waals surface area contributed by atoms with Crippen molar-refractivity contribution in [1.82, 2.24) is 0 Å². The summed E-state index contributed by atoms with van der Waals surface area (Å²) in [4.78, 5) is 0. The Morgan fingerprint density at radius 3 is 2.47 bits per heavy atom. The predicted molar refractivity (Wildman–Crippen MR) is 78.4 cm³/mol. The first kappa shape index (κ1) is 12.4. The molecule has 2 aromatic rings. The normalized spacial score (nSPS) is 19.2. The van der Waals surface area contributed by atoms with E-state index in [4.69, 9.17) is 0 Å². The third kappa shape index (κ3) is 2.31. The molecule has 0 spiro atoms. The first-order chi connectivity index (χ1) is 9.15. The summed E-state index contributed by atoms with van der Waals surface area (Å²) >= 11 is 0. The first-order valence-electron chi connectivity index (χ1n) is 6.99. The van der Waals surface area contributed by atoms with Crippen LogP contribution in [-0.4, -0.2) is 5.11 Å². The fourth-order valence-corrected chi connectivity index (χ4v) is 3.33. The van der Waals surface area contributed by atoms with E-state index in [1.54, 1.807) is 0 Å². The molecule has 0 saturated carbocycles. The van der Waals surface area contributed by atoms with E-state index in [0.717, 1.165) is 18.4 Å². The van der Waals surface area contributed by atoms with Crippen molar-refractivity contribution in [1.29, 1.82) is 0 Å². The van der Waals surface area contributed by atoms with Gasteiger partial charge in [0.15, 0.2) is 0 Å². The van der Waals surface area contributed by atoms with E-state index in [1.807, 2.05) is 0 Å². The molecular weight excluding hydrogens is 232 g/mol. The number of aliphatic hydroxyl groups excluding tert-OH is 1. The van der Waals surface area contributed by atoms with Crippen LogP contribution in [0.1, 0.15) is 46.3 Å². The number of hydrogen-bond donors (Lipinski definition) is 1. The molecule has 0 amide bonds. The van der Waals surface area contributed by atoms with Crippen molar-refractivity contribution in [2.45, 2.75) is 38.7 Å². The van der Waals surface area contributed by atoms with Crippen LogP contribution in [0.3, 0.4) is 0 Å². The van der Waals surface area contributed by atoms with Gasteiger partial charge in [0.25, 0.3) is 0 Å². The fourth-order valence-electron chi connectivity index (χ4n) is 3.33. The molecule has 3 rings (SSSR count). The van der Waals surface area contributed by atoms with Gasteiger partial charge in [-0.25, -0.2) is 0 Å². The summed E-state index contributed by atoms with van der Waals surface area (Å²) < 4.78 is 0. The topological polar surface area (TPSA) is 20.2 Å². The van der Waals surface area contributed by atoms with E-state index in [1.165, 1.54) is 22.3 Å². The lowest BCUT2D eigenvalue weighted by molar-refractivity contribution is 0.144. The number of aliphatic hydroxyl groups is 1. The predicted octanol–water partition coefficient (Wildman–Crippen LogP) is 4.07. The highest BCUT2D eigenvalue weighted by Crippen LogP contribution is 2.41. The molecule has 1 N–H and O–H groups in total. The molecule has 0 heterocycles. The number of benzene rings is 2. The zero-order chi connectivity index (χ0) is 13.4. The molecule has 19 heavy (non-hydrogen) atoms. The smallest absolute Gasteiger partial charge is 0.0858 e. The summed E-state index contributed by atoms with van der Waals surface area (Å²) in [7, 11) is 0. The van der Waals surface area contributed by atoms with Crippen molar-refractivity contribution in [2.24, 2.45) is 0 Å². The Kier molecular flexibility index (Phi) is 3.16. The minimum Gasteiger partial charge on any atom is -0.388 e. The zero-order valence-electron chi connectivity index (χ0n) is 11.6. The molecule has 0 bridgehead atoms. The monoisotopic (exact) mass is 252 g/mol. The lowest BCUT2D eigenvalue weighted by Crippen LogP contribution is -2.08. The Balaban J connectivity index is 1.95. The van der Waals surface area contributed by atoms with Crippen LogP contribution >= 0.6 is 0 Å².